The van der Waals surface area contributed by atoms with E-state index in [2.05, 4.69) is 41.7 Å². The van der Waals surface area contributed by atoms with Gasteiger partial charge in [0.2, 0.25) is 0 Å². The van der Waals surface area contributed by atoms with Gasteiger partial charge in [-0.15, -0.1) is 0 Å². The molecule has 3 heteroatoms. The molecule has 6 rings (SSSR count). The maximum absolute atomic E-state index is 12.4. The Morgan fingerprint density at radius 3 is 2.85 bits per heavy atom. The summed E-state index contributed by atoms with van der Waals surface area (Å²) in [7, 11) is 0. The van der Waals surface area contributed by atoms with Gasteiger partial charge in [0.05, 0.1) is 10.6 Å². The first kappa shape index (κ1) is 10.7. The smallest absolute Gasteiger partial charge is 0.254 e. The van der Waals surface area contributed by atoms with Crippen LogP contribution in [0.15, 0.2) is 48.6 Å². The van der Waals surface area contributed by atoms with Gasteiger partial charge in [0.15, 0.2) is 0 Å². The van der Waals surface area contributed by atoms with E-state index in [0.29, 0.717) is 10.6 Å². The quantitative estimate of drug-likeness (QED) is 0.736. The van der Waals surface area contributed by atoms with Crippen molar-refractivity contribution in [3.8, 4) is 0 Å². The van der Waals surface area contributed by atoms with Gasteiger partial charge >= 0.3 is 0 Å². The van der Waals surface area contributed by atoms with Gasteiger partial charge in [0.25, 0.3) is 5.91 Å². The second kappa shape index (κ2) is 3.15. The molecule has 2 unspecified atom stereocenters. The van der Waals surface area contributed by atoms with E-state index in [0.717, 1.165) is 5.56 Å². The number of hydrogen-bond acceptors (Lipinski definition) is 1. The van der Waals surface area contributed by atoms with Crippen LogP contribution in [0.2, 0.25) is 5.02 Å². The van der Waals surface area contributed by atoms with Gasteiger partial charge in [0, 0.05) is 11.5 Å². The van der Waals surface area contributed by atoms with Crippen molar-refractivity contribution in [1.29, 1.82) is 0 Å². The molecule has 2 bridgehead atoms. The van der Waals surface area contributed by atoms with Gasteiger partial charge < -0.3 is 5.32 Å². The fourth-order valence-corrected chi connectivity index (χ4v) is 4.21. The predicted molar refractivity (Wildman–Crippen MR) is 77.1 cm³/mol. The second-order valence-corrected chi connectivity index (χ2v) is 5.98. The summed E-state index contributed by atoms with van der Waals surface area (Å²) in [5.41, 5.74) is 4.84. The van der Waals surface area contributed by atoms with Crippen LogP contribution in [-0.2, 0) is 5.54 Å². The summed E-state index contributed by atoms with van der Waals surface area (Å²) in [6, 6.07) is 12.2. The lowest BCUT2D eigenvalue weighted by Crippen LogP contribution is -2.44. The van der Waals surface area contributed by atoms with Crippen LogP contribution in [0, 0.1) is 0 Å². The number of carbonyl (C=O) groups excluding carboxylic acids is 1. The SMILES string of the molecule is O=C1NC23C=CC(c4ccccc42)c2ccc(Cl)c1c23. The first-order chi connectivity index (χ1) is 9.72. The largest absolute Gasteiger partial charge is 0.335 e. The minimum absolute atomic E-state index is 0.0751. The molecule has 0 saturated carbocycles. The zero-order valence-corrected chi connectivity index (χ0v) is 11.2. The van der Waals surface area contributed by atoms with E-state index in [1.54, 1.807) is 0 Å². The number of hydrogen-bond donors (Lipinski definition) is 1. The van der Waals surface area contributed by atoms with E-state index in [1.807, 2.05) is 12.1 Å². The van der Waals surface area contributed by atoms with Crippen molar-refractivity contribution in [2.75, 3.05) is 0 Å². The van der Waals surface area contributed by atoms with Gasteiger partial charge in [-0.2, -0.15) is 0 Å². The Labute approximate surface area is 121 Å². The minimum atomic E-state index is -0.516. The monoisotopic (exact) mass is 279 g/mol. The van der Waals surface area contributed by atoms with Crippen LogP contribution in [0.3, 0.4) is 0 Å². The average Bonchev–Trinajstić information content (AvgIpc) is 2.78. The molecule has 0 radical (unpaired) electrons. The Kier molecular flexibility index (Phi) is 1.69. The van der Waals surface area contributed by atoms with Crippen molar-refractivity contribution < 1.29 is 4.79 Å². The van der Waals surface area contributed by atoms with Crippen molar-refractivity contribution in [3.63, 3.8) is 0 Å². The zero-order valence-electron chi connectivity index (χ0n) is 10.5. The van der Waals surface area contributed by atoms with Crippen molar-refractivity contribution in [3.05, 3.63) is 81.4 Å². The minimum Gasteiger partial charge on any atom is -0.335 e. The number of benzene rings is 2. The average molecular weight is 280 g/mol. The van der Waals surface area contributed by atoms with Crippen LogP contribution >= 0.6 is 11.6 Å². The lowest BCUT2D eigenvalue weighted by Gasteiger charge is -2.42. The van der Waals surface area contributed by atoms with Gasteiger partial charge in [-0.1, -0.05) is 54.1 Å². The van der Waals surface area contributed by atoms with E-state index in [4.69, 9.17) is 11.6 Å². The molecule has 0 saturated heterocycles. The van der Waals surface area contributed by atoms with Crippen molar-refractivity contribution in [2.24, 2.45) is 0 Å². The summed E-state index contributed by atoms with van der Waals surface area (Å²) in [5, 5.41) is 3.69. The van der Waals surface area contributed by atoms with Crippen LogP contribution in [0.1, 0.15) is 38.5 Å². The molecule has 3 aliphatic carbocycles. The Morgan fingerprint density at radius 1 is 1.10 bits per heavy atom. The number of nitrogens with one attached hydrogen (secondary N) is 1. The summed E-state index contributed by atoms with van der Waals surface area (Å²) in [6.45, 7) is 0. The molecule has 0 fully saturated rings. The lowest BCUT2D eigenvalue weighted by molar-refractivity contribution is 0.0949. The Bertz CT molecular complexity index is 839. The summed E-state index contributed by atoms with van der Waals surface area (Å²) >= 11 is 6.26. The number of rotatable bonds is 0. The van der Waals surface area contributed by atoms with Crippen LogP contribution in [0.25, 0.3) is 0 Å². The summed E-state index contributed by atoms with van der Waals surface area (Å²) < 4.78 is 0. The van der Waals surface area contributed by atoms with Crippen LogP contribution < -0.4 is 5.32 Å². The van der Waals surface area contributed by atoms with Gasteiger partial charge in [0.1, 0.15) is 5.54 Å². The molecule has 2 aromatic carbocycles. The highest BCUT2D eigenvalue weighted by Gasteiger charge is 2.52. The Hall–Kier alpha value is -2.06. The van der Waals surface area contributed by atoms with Crippen molar-refractivity contribution >= 4 is 17.5 Å². The Morgan fingerprint density at radius 2 is 1.95 bits per heavy atom. The maximum Gasteiger partial charge on any atom is 0.254 e. The molecule has 1 aliphatic heterocycles. The molecule has 2 atom stereocenters. The normalized spacial score (nSPS) is 27.2. The topological polar surface area (TPSA) is 29.1 Å². The third-order valence-corrected chi connectivity index (χ3v) is 5.03. The van der Waals surface area contributed by atoms with E-state index in [9.17, 15) is 4.79 Å². The third kappa shape index (κ3) is 0.958. The van der Waals surface area contributed by atoms with Gasteiger partial charge in [-0.25, -0.2) is 0 Å². The van der Waals surface area contributed by atoms with Crippen molar-refractivity contribution in [1.82, 2.24) is 5.32 Å². The van der Waals surface area contributed by atoms with E-state index in [-0.39, 0.29) is 11.8 Å². The number of allylic oxidation sites excluding steroid dienone is 1. The fourth-order valence-electron chi connectivity index (χ4n) is 3.96. The highest BCUT2D eigenvalue weighted by atomic mass is 35.5. The first-order valence-electron chi connectivity index (χ1n) is 6.66. The lowest BCUT2D eigenvalue weighted by atomic mass is 9.64. The van der Waals surface area contributed by atoms with Crippen LogP contribution in [-0.4, -0.2) is 5.91 Å². The molecule has 20 heavy (non-hydrogen) atoms. The Balaban J connectivity index is 1.99. The highest BCUT2D eigenvalue weighted by molar-refractivity contribution is 6.34. The molecule has 1 heterocycles. The van der Waals surface area contributed by atoms with E-state index < -0.39 is 5.54 Å². The third-order valence-electron chi connectivity index (χ3n) is 4.71. The molecule has 4 aliphatic rings. The fraction of sp³-hybridized carbons (Fsp3) is 0.118. The molecule has 0 aromatic heterocycles. The highest BCUT2D eigenvalue weighted by Crippen LogP contribution is 2.55. The zero-order chi connectivity index (χ0) is 13.5. The molecular weight excluding hydrogens is 270 g/mol. The number of amides is 1. The first-order valence-corrected chi connectivity index (χ1v) is 7.04. The molecule has 1 N–H and O–H groups in total. The predicted octanol–water partition coefficient (Wildman–Crippen LogP) is 3.34. The summed E-state index contributed by atoms with van der Waals surface area (Å²) in [6.07, 6.45) is 4.31. The molecule has 1 amide bonds. The van der Waals surface area contributed by atoms with E-state index >= 15 is 0 Å². The maximum atomic E-state index is 12.4. The standard InChI is InChI=1S/C17H10ClNO/c18-13-6-5-11-9-7-8-17(12-4-2-1-3-10(9)12)15(11)14(13)16(20)19-17/h1-9H,(H,19,20). The molecule has 2 nitrogen and oxygen atoms in total. The number of carbonyl (C=O) groups is 1. The molecule has 2 aromatic rings. The summed E-state index contributed by atoms with van der Waals surface area (Å²) in [5.74, 6) is 0.153. The van der Waals surface area contributed by atoms with Crippen molar-refractivity contribution in [2.45, 2.75) is 11.5 Å². The van der Waals surface area contributed by atoms with Crippen LogP contribution in [0.4, 0.5) is 0 Å². The van der Waals surface area contributed by atoms with Gasteiger partial charge in [-0.3, -0.25) is 4.79 Å². The summed E-state index contributed by atoms with van der Waals surface area (Å²) in [4.78, 5) is 12.4. The van der Waals surface area contributed by atoms with E-state index in [1.165, 1.54) is 16.7 Å². The van der Waals surface area contributed by atoms with Gasteiger partial charge in [-0.05, 0) is 22.8 Å². The number of halogens is 1. The molecule has 1 spiro atoms. The molecule has 96 valence electrons. The van der Waals surface area contributed by atoms with Crippen LogP contribution in [0.5, 0.6) is 0 Å². The second-order valence-electron chi connectivity index (χ2n) is 5.57. The molecular formula is C17H10ClNO.